The molecule has 5 nitrogen and oxygen atoms in total. The number of benzene rings is 1. The Morgan fingerprint density at radius 1 is 1.25 bits per heavy atom. The van der Waals surface area contributed by atoms with Crippen LogP contribution >= 0.6 is 11.8 Å². The third-order valence-corrected chi connectivity index (χ3v) is 7.07. The van der Waals surface area contributed by atoms with E-state index in [1.165, 1.54) is 19.3 Å². The average molecular weight is 405 g/mol. The Kier molecular flexibility index (Phi) is 7.65. The minimum absolute atomic E-state index is 0.0498. The number of anilines is 1. The molecule has 1 saturated heterocycles. The summed E-state index contributed by atoms with van der Waals surface area (Å²) in [4.78, 5) is 27.7. The van der Waals surface area contributed by atoms with Gasteiger partial charge >= 0.3 is 12.0 Å². The molecule has 0 bridgehead atoms. The van der Waals surface area contributed by atoms with Crippen molar-refractivity contribution in [2.24, 2.45) is 5.92 Å². The number of carbonyl (C=O) groups is 2. The highest BCUT2D eigenvalue weighted by Gasteiger charge is 2.45. The summed E-state index contributed by atoms with van der Waals surface area (Å²) in [6.07, 6.45) is 7.78. The van der Waals surface area contributed by atoms with Crippen LogP contribution in [0.25, 0.3) is 0 Å². The predicted octanol–water partition coefficient (Wildman–Crippen LogP) is 5.19. The fourth-order valence-electron chi connectivity index (χ4n) is 4.07. The first kappa shape index (κ1) is 21.0. The molecule has 1 N–H and O–H groups in total. The molecular weight excluding hydrogens is 372 g/mol. The van der Waals surface area contributed by atoms with Crippen LogP contribution in [0.3, 0.4) is 0 Å². The van der Waals surface area contributed by atoms with Crippen LogP contribution in [0.4, 0.5) is 10.5 Å². The van der Waals surface area contributed by atoms with Crippen molar-refractivity contribution in [1.29, 1.82) is 0 Å². The first-order chi connectivity index (χ1) is 13.6. The van der Waals surface area contributed by atoms with Gasteiger partial charge in [0.15, 0.2) is 0 Å². The number of amides is 2. The number of hydrogen-bond donors (Lipinski definition) is 1. The molecule has 154 valence electrons. The Morgan fingerprint density at radius 2 is 2.04 bits per heavy atom. The van der Waals surface area contributed by atoms with E-state index in [0.29, 0.717) is 18.3 Å². The van der Waals surface area contributed by atoms with Gasteiger partial charge in [0.1, 0.15) is 6.04 Å². The molecule has 2 fully saturated rings. The number of esters is 1. The zero-order valence-corrected chi connectivity index (χ0v) is 17.8. The van der Waals surface area contributed by atoms with Gasteiger partial charge in [-0.05, 0) is 49.8 Å². The van der Waals surface area contributed by atoms with Gasteiger partial charge in [0.2, 0.25) is 0 Å². The summed E-state index contributed by atoms with van der Waals surface area (Å²) in [5.74, 6) is 0.807. The minimum Gasteiger partial charge on any atom is -0.464 e. The highest BCUT2D eigenvalue weighted by Crippen LogP contribution is 2.41. The third kappa shape index (κ3) is 5.22. The highest BCUT2D eigenvalue weighted by molar-refractivity contribution is 8.00. The van der Waals surface area contributed by atoms with Gasteiger partial charge in [-0.15, -0.1) is 11.8 Å². The van der Waals surface area contributed by atoms with Gasteiger partial charge in [-0.25, -0.2) is 9.59 Å². The van der Waals surface area contributed by atoms with Crippen LogP contribution in [0.5, 0.6) is 0 Å². The van der Waals surface area contributed by atoms with E-state index in [0.717, 1.165) is 36.9 Å². The number of urea groups is 1. The predicted molar refractivity (Wildman–Crippen MR) is 115 cm³/mol. The second kappa shape index (κ2) is 10.2. The molecule has 2 unspecified atom stereocenters. The van der Waals surface area contributed by atoms with Crippen LogP contribution in [0.2, 0.25) is 0 Å². The molecule has 1 heterocycles. The summed E-state index contributed by atoms with van der Waals surface area (Å²) in [6.45, 7) is 4.50. The maximum Gasteiger partial charge on any atom is 0.329 e. The van der Waals surface area contributed by atoms with Crippen molar-refractivity contribution < 1.29 is 14.3 Å². The third-order valence-electron chi connectivity index (χ3n) is 5.61. The Morgan fingerprint density at radius 3 is 2.75 bits per heavy atom. The summed E-state index contributed by atoms with van der Waals surface area (Å²) in [7, 11) is 0. The van der Waals surface area contributed by atoms with Crippen LogP contribution in [0.15, 0.2) is 24.3 Å². The second-order valence-corrected chi connectivity index (χ2v) is 9.02. The summed E-state index contributed by atoms with van der Waals surface area (Å²) < 4.78 is 5.48. The number of carbonyl (C=O) groups excluding carboxylic acids is 2. The molecule has 1 aliphatic heterocycles. The zero-order valence-electron chi connectivity index (χ0n) is 17.0. The normalized spacial score (nSPS) is 22.9. The first-order valence-electron chi connectivity index (χ1n) is 10.5. The van der Waals surface area contributed by atoms with E-state index >= 15 is 0 Å². The van der Waals surface area contributed by atoms with Gasteiger partial charge in [-0.1, -0.05) is 44.7 Å². The van der Waals surface area contributed by atoms with Crippen LogP contribution in [0.1, 0.15) is 57.4 Å². The molecule has 6 heteroatoms. The molecule has 2 amide bonds. The van der Waals surface area contributed by atoms with Crippen molar-refractivity contribution in [3.8, 4) is 0 Å². The van der Waals surface area contributed by atoms with E-state index in [1.807, 2.05) is 31.2 Å². The SMILES string of the molecule is CCCCOC(=O)C1CSC(C2CCCCC2)N1C(=O)Nc1cccc(C)c1. The number of ether oxygens (including phenoxy) is 1. The monoisotopic (exact) mass is 404 g/mol. The van der Waals surface area contributed by atoms with Crippen LogP contribution in [-0.4, -0.2) is 40.7 Å². The maximum absolute atomic E-state index is 13.2. The Labute approximate surface area is 172 Å². The van der Waals surface area contributed by atoms with Crippen molar-refractivity contribution in [3.63, 3.8) is 0 Å². The molecule has 2 aliphatic rings. The number of thioether (sulfide) groups is 1. The van der Waals surface area contributed by atoms with Crippen molar-refractivity contribution in [2.75, 3.05) is 17.7 Å². The minimum atomic E-state index is -0.501. The van der Waals surface area contributed by atoms with E-state index in [2.05, 4.69) is 12.2 Å². The quantitative estimate of drug-likeness (QED) is 0.523. The fraction of sp³-hybridized carbons (Fsp3) is 0.636. The lowest BCUT2D eigenvalue weighted by molar-refractivity contribution is -0.148. The number of nitrogens with zero attached hydrogens (tertiary/aromatic N) is 1. The number of nitrogens with one attached hydrogen (secondary N) is 1. The molecule has 2 atom stereocenters. The smallest absolute Gasteiger partial charge is 0.329 e. The van der Waals surface area contributed by atoms with Crippen LogP contribution in [-0.2, 0) is 9.53 Å². The Hall–Kier alpha value is -1.69. The van der Waals surface area contributed by atoms with E-state index in [4.69, 9.17) is 4.74 Å². The second-order valence-electron chi connectivity index (χ2n) is 7.87. The lowest BCUT2D eigenvalue weighted by atomic mass is 9.88. The van der Waals surface area contributed by atoms with Crippen molar-refractivity contribution in [3.05, 3.63) is 29.8 Å². The topological polar surface area (TPSA) is 58.6 Å². The molecule has 1 aliphatic carbocycles. The molecule has 0 spiro atoms. The van der Waals surface area contributed by atoms with Gasteiger partial charge < -0.3 is 10.1 Å². The number of unbranched alkanes of at least 4 members (excludes halogenated alkanes) is 1. The lowest BCUT2D eigenvalue weighted by Crippen LogP contribution is -2.50. The molecule has 1 aromatic carbocycles. The largest absolute Gasteiger partial charge is 0.464 e. The maximum atomic E-state index is 13.2. The number of rotatable bonds is 6. The van der Waals surface area contributed by atoms with Gasteiger partial charge in [0.05, 0.1) is 12.0 Å². The standard InChI is InChI=1S/C22H32N2O3S/c1-3-4-13-27-21(25)19-15-28-20(17-10-6-5-7-11-17)24(19)22(26)23-18-12-8-9-16(2)14-18/h8-9,12,14,17,19-20H,3-7,10-11,13,15H2,1-2H3,(H,23,26). The van der Waals surface area contributed by atoms with Crippen molar-refractivity contribution >= 4 is 29.4 Å². The fourth-order valence-corrected chi connectivity index (χ4v) is 5.70. The Bertz CT molecular complexity index is 676. The number of hydrogen-bond acceptors (Lipinski definition) is 4. The van der Waals surface area contributed by atoms with Crippen LogP contribution < -0.4 is 5.32 Å². The lowest BCUT2D eigenvalue weighted by Gasteiger charge is -2.35. The van der Waals surface area contributed by atoms with E-state index < -0.39 is 6.04 Å². The van der Waals surface area contributed by atoms with Crippen molar-refractivity contribution in [2.45, 2.75) is 70.2 Å². The van der Waals surface area contributed by atoms with Gasteiger partial charge in [0.25, 0.3) is 0 Å². The molecule has 1 aromatic rings. The molecule has 3 rings (SSSR count). The number of aryl methyl sites for hydroxylation is 1. The average Bonchev–Trinajstić information content (AvgIpc) is 3.14. The van der Waals surface area contributed by atoms with E-state index in [1.54, 1.807) is 16.7 Å². The van der Waals surface area contributed by atoms with Gasteiger partial charge in [-0.2, -0.15) is 0 Å². The zero-order chi connectivity index (χ0) is 19.9. The molecule has 1 saturated carbocycles. The van der Waals surface area contributed by atoms with E-state index in [-0.39, 0.29) is 17.4 Å². The summed E-state index contributed by atoms with van der Waals surface area (Å²) in [6, 6.07) is 7.07. The molecule has 0 radical (unpaired) electrons. The summed E-state index contributed by atoms with van der Waals surface area (Å²) in [5, 5.41) is 3.06. The van der Waals surface area contributed by atoms with E-state index in [9.17, 15) is 9.59 Å². The molecular formula is C22H32N2O3S. The molecule has 0 aromatic heterocycles. The first-order valence-corrected chi connectivity index (χ1v) is 11.6. The summed E-state index contributed by atoms with van der Waals surface area (Å²) in [5.41, 5.74) is 1.86. The van der Waals surface area contributed by atoms with Gasteiger partial charge in [0, 0.05) is 11.4 Å². The molecule has 28 heavy (non-hydrogen) atoms. The van der Waals surface area contributed by atoms with Crippen molar-refractivity contribution in [1.82, 2.24) is 4.90 Å². The Balaban J connectivity index is 1.75. The van der Waals surface area contributed by atoms with Gasteiger partial charge in [-0.3, -0.25) is 4.90 Å². The summed E-state index contributed by atoms with van der Waals surface area (Å²) >= 11 is 1.74. The van der Waals surface area contributed by atoms with Crippen LogP contribution in [0, 0.1) is 12.8 Å². The highest BCUT2D eigenvalue weighted by atomic mass is 32.2.